The van der Waals surface area contributed by atoms with Crippen LogP contribution in [0.1, 0.15) is 39.5 Å². The summed E-state index contributed by atoms with van der Waals surface area (Å²) in [5.41, 5.74) is 0. The molecule has 1 rings (SSSR count). The predicted molar refractivity (Wildman–Crippen MR) is 64.1 cm³/mol. The van der Waals surface area contributed by atoms with Crippen molar-refractivity contribution >= 4 is 17.7 Å². The number of carbonyl (C=O) groups is 3. The molecule has 0 heterocycles. The molecule has 18 heavy (non-hydrogen) atoms. The van der Waals surface area contributed by atoms with Crippen molar-refractivity contribution in [3.8, 4) is 0 Å². The highest BCUT2D eigenvalue weighted by Gasteiger charge is 2.40. The second-order valence-corrected chi connectivity index (χ2v) is 5.23. The van der Waals surface area contributed by atoms with Crippen molar-refractivity contribution in [1.29, 1.82) is 0 Å². The van der Waals surface area contributed by atoms with Gasteiger partial charge in [-0.05, 0) is 25.2 Å². The highest BCUT2D eigenvalue weighted by Crippen LogP contribution is 2.36. The largest absolute Gasteiger partial charge is 0.481 e. The summed E-state index contributed by atoms with van der Waals surface area (Å²) < 4.78 is 0. The van der Waals surface area contributed by atoms with Crippen LogP contribution in [0.25, 0.3) is 0 Å². The molecule has 0 aromatic rings. The van der Waals surface area contributed by atoms with E-state index < -0.39 is 23.8 Å². The molecule has 0 radical (unpaired) electrons. The smallest absolute Gasteiger partial charge is 0.307 e. The molecule has 0 spiro atoms. The van der Waals surface area contributed by atoms with E-state index in [-0.39, 0.29) is 30.5 Å². The van der Waals surface area contributed by atoms with E-state index in [0.29, 0.717) is 6.42 Å². The molecule has 0 saturated heterocycles. The Balaban J connectivity index is 2.76. The lowest BCUT2D eigenvalue weighted by molar-refractivity contribution is -0.150. The van der Waals surface area contributed by atoms with Crippen LogP contribution in [0.15, 0.2) is 0 Å². The van der Waals surface area contributed by atoms with Gasteiger partial charge in [0.2, 0.25) is 0 Å². The molecule has 1 aliphatic carbocycles. The number of aliphatic carboxylic acids is 2. The molecule has 1 fully saturated rings. The van der Waals surface area contributed by atoms with Crippen molar-refractivity contribution in [2.24, 2.45) is 23.7 Å². The van der Waals surface area contributed by atoms with Crippen LogP contribution in [-0.2, 0) is 14.4 Å². The van der Waals surface area contributed by atoms with Crippen LogP contribution in [0.3, 0.4) is 0 Å². The quantitative estimate of drug-likeness (QED) is 0.782. The first-order valence-electron chi connectivity index (χ1n) is 6.33. The number of carboxylic acids is 2. The van der Waals surface area contributed by atoms with Crippen LogP contribution in [0, 0.1) is 23.7 Å². The van der Waals surface area contributed by atoms with Gasteiger partial charge in [0.25, 0.3) is 0 Å². The van der Waals surface area contributed by atoms with Crippen LogP contribution in [0.4, 0.5) is 0 Å². The van der Waals surface area contributed by atoms with Crippen molar-refractivity contribution < 1.29 is 24.6 Å². The molecule has 5 nitrogen and oxygen atoms in total. The maximum Gasteiger partial charge on any atom is 0.307 e. The van der Waals surface area contributed by atoms with E-state index >= 15 is 0 Å². The fourth-order valence-corrected chi connectivity index (χ4v) is 2.63. The first-order valence-corrected chi connectivity index (χ1v) is 6.33. The Morgan fingerprint density at radius 2 is 1.89 bits per heavy atom. The van der Waals surface area contributed by atoms with E-state index in [4.69, 9.17) is 10.2 Å². The molecule has 4 unspecified atom stereocenters. The number of Topliss-reactive ketones (excluding diaryl/α,β-unsaturated/α-hetero) is 1. The second-order valence-electron chi connectivity index (χ2n) is 5.23. The molecule has 0 aromatic carbocycles. The van der Waals surface area contributed by atoms with E-state index in [0.717, 1.165) is 6.42 Å². The molecule has 1 aliphatic rings. The lowest BCUT2D eigenvalue weighted by Crippen LogP contribution is -2.39. The van der Waals surface area contributed by atoms with Crippen LogP contribution < -0.4 is 0 Å². The minimum absolute atomic E-state index is 0.0217. The summed E-state index contributed by atoms with van der Waals surface area (Å²) in [4.78, 5) is 33.8. The zero-order valence-electron chi connectivity index (χ0n) is 10.8. The summed E-state index contributed by atoms with van der Waals surface area (Å²) in [5, 5.41) is 17.8. The summed E-state index contributed by atoms with van der Waals surface area (Å²) in [5.74, 6) is -3.33. The zero-order chi connectivity index (χ0) is 13.9. The van der Waals surface area contributed by atoms with Gasteiger partial charge >= 0.3 is 11.9 Å². The first-order chi connectivity index (χ1) is 8.34. The molecule has 2 N–H and O–H groups in total. The van der Waals surface area contributed by atoms with Gasteiger partial charge in [-0.25, -0.2) is 0 Å². The topological polar surface area (TPSA) is 91.7 Å². The van der Waals surface area contributed by atoms with E-state index in [2.05, 4.69) is 0 Å². The molecule has 1 saturated carbocycles. The van der Waals surface area contributed by atoms with E-state index in [1.54, 1.807) is 0 Å². The van der Waals surface area contributed by atoms with Crippen molar-refractivity contribution in [2.45, 2.75) is 39.5 Å². The Morgan fingerprint density at radius 3 is 2.39 bits per heavy atom. The fourth-order valence-electron chi connectivity index (χ4n) is 2.63. The Bertz CT molecular complexity index is 349. The summed E-state index contributed by atoms with van der Waals surface area (Å²) in [6.07, 6.45) is 1.21. The fraction of sp³-hybridized carbons (Fsp3) is 0.769. The van der Waals surface area contributed by atoms with Gasteiger partial charge in [-0.2, -0.15) is 0 Å². The number of carboxylic acid groups (broad SMARTS) is 2. The van der Waals surface area contributed by atoms with Gasteiger partial charge in [0, 0.05) is 18.3 Å². The van der Waals surface area contributed by atoms with Crippen molar-refractivity contribution in [1.82, 2.24) is 0 Å². The third kappa shape index (κ3) is 3.31. The first kappa shape index (κ1) is 14.7. The van der Waals surface area contributed by atoms with Crippen LogP contribution in [0.5, 0.6) is 0 Å². The van der Waals surface area contributed by atoms with Crippen LogP contribution in [0.2, 0.25) is 0 Å². The minimum Gasteiger partial charge on any atom is -0.481 e. The molecule has 0 aromatic heterocycles. The lowest BCUT2D eigenvalue weighted by atomic mass is 9.69. The lowest BCUT2D eigenvalue weighted by Gasteiger charge is -2.33. The van der Waals surface area contributed by atoms with Crippen molar-refractivity contribution in [2.75, 3.05) is 0 Å². The molecular formula is C13H20O5. The standard InChI is InChI=1S/C13H20O5/c1-7-3-4-9(12(16)8(7)2)10(13(17)18)5-6-11(14)15/h7-10H,3-6H2,1-2H3,(H,14,15)(H,17,18). The number of hydrogen-bond donors (Lipinski definition) is 2. The molecule has 0 aliphatic heterocycles. The third-order valence-corrected chi connectivity index (χ3v) is 4.07. The Hall–Kier alpha value is -1.39. The van der Waals surface area contributed by atoms with Crippen LogP contribution >= 0.6 is 0 Å². The molecular weight excluding hydrogens is 236 g/mol. The normalized spacial score (nSPS) is 29.9. The third-order valence-electron chi connectivity index (χ3n) is 4.07. The van der Waals surface area contributed by atoms with Gasteiger partial charge in [-0.15, -0.1) is 0 Å². The maximum atomic E-state index is 12.1. The van der Waals surface area contributed by atoms with Crippen molar-refractivity contribution in [3.63, 3.8) is 0 Å². The number of carbonyl (C=O) groups excluding carboxylic acids is 1. The van der Waals surface area contributed by atoms with Crippen molar-refractivity contribution in [3.05, 3.63) is 0 Å². The second kappa shape index (κ2) is 5.98. The molecule has 0 amide bonds. The van der Waals surface area contributed by atoms with E-state index in [1.807, 2.05) is 13.8 Å². The highest BCUT2D eigenvalue weighted by molar-refractivity contribution is 5.88. The number of hydrogen-bond acceptors (Lipinski definition) is 3. The Labute approximate surface area is 106 Å². The van der Waals surface area contributed by atoms with E-state index in [9.17, 15) is 14.4 Å². The van der Waals surface area contributed by atoms with Crippen LogP contribution in [-0.4, -0.2) is 27.9 Å². The minimum atomic E-state index is -1.06. The average Bonchev–Trinajstić information content (AvgIpc) is 2.28. The molecule has 4 atom stereocenters. The summed E-state index contributed by atoms with van der Waals surface area (Å²) in [6, 6.07) is 0. The monoisotopic (exact) mass is 256 g/mol. The molecule has 5 heteroatoms. The summed E-state index contributed by atoms with van der Waals surface area (Å²) >= 11 is 0. The van der Waals surface area contributed by atoms with Gasteiger partial charge < -0.3 is 10.2 Å². The molecule has 0 bridgehead atoms. The highest BCUT2D eigenvalue weighted by atomic mass is 16.4. The molecule has 102 valence electrons. The zero-order valence-corrected chi connectivity index (χ0v) is 10.8. The van der Waals surface area contributed by atoms with E-state index in [1.165, 1.54) is 0 Å². The summed E-state index contributed by atoms with van der Waals surface area (Å²) in [6.45, 7) is 3.82. The van der Waals surface area contributed by atoms with Gasteiger partial charge in [-0.1, -0.05) is 13.8 Å². The van der Waals surface area contributed by atoms with Gasteiger partial charge in [0.15, 0.2) is 0 Å². The SMILES string of the molecule is CC1CCC(C(CCC(=O)O)C(=O)O)C(=O)C1C. The summed E-state index contributed by atoms with van der Waals surface area (Å²) in [7, 11) is 0. The number of ketones is 1. The van der Waals surface area contributed by atoms with Gasteiger partial charge in [0.05, 0.1) is 5.92 Å². The number of rotatable bonds is 5. The predicted octanol–water partition coefficient (Wildman–Crippen LogP) is 1.80. The average molecular weight is 256 g/mol. The Morgan fingerprint density at radius 1 is 1.28 bits per heavy atom. The maximum absolute atomic E-state index is 12.1. The van der Waals surface area contributed by atoms with Gasteiger partial charge in [0.1, 0.15) is 5.78 Å². The Kier molecular flexibility index (Phi) is 4.87. The van der Waals surface area contributed by atoms with Gasteiger partial charge in [-0.3, -0.25) is 14.4 Å².